The third-order valence-electron chi connectivity index (χ3n) is 4.86. The summed E-state index contributed by atoms with van der Waals surface area (Å²) >= 11 is 5.97. The molecule has 0 aliphatic heterocycles. The molecule has 5 rings (SSSR count). The Hall–Kier alpha value is -3.10. The van der Waals surface area contributed by atoms with Crippen LogP contribution in [0.1, 0.15) is 15.9 Å². The molecule has 0 unspecified atom stereocenters. The minimum atomic E-state index is -0.0102. The Morgan fingerprint density at radius 1 is 0.808 bits per heavy atom. The molecule has 0 radical (unpaired) electrons. The van der Waals surface area contributed by atoms with E-state index in [2.05, 4.69) is 23.2 Å². The van der Waals surface area contributed by atoms with Gasteiger partial charge in [-0.1, -0.05) is 54.1 Å². The highest BCUT2D eigenvalue weighted by atomic mass is 35.5. The fourth-order valence-corrected chi connectivity index (χ4v) is 3.76. The summed E-state index contributed by atoms with van der Waals surface area (Å²) in [4.78, 5) is 16.7. The van der Waals surface area contributed by atoms with Gasteiger partial charge in [0.15, 0.2) is 5.78 Å². The normalized spacial score (nSPS) is 11.4. The molecule has 4 aromatic carbocycles. The van der Waals surface area contributed by atoms with Crippen molar-refractivity contribution in [2.24, 2.45) is 0 Å². The number of benzene rings is 4. The Morgan fingerprint density at radius 3 is 2.31 bits per heavy atom. The van der Waals surface area contributed by atoms with E-state index in [-0.39, 0.29) is 5.78 Å². The molecule has 2 nitrogen and oxygen atoms in total. The molecule has 0 bridgehead atoms. The zero-order valence-corrected chi connectivity index (χ0v) is 14.5. The van der Waals surface area contributed by atoms with E-state index in [4.69, 9.17) is 11.6 Å². The van der Waals surface area contributed by atoms with E-state index in [0.29, 0.717) is 16.1 Å². The largest absolute Gasteiger partial charge is 0.354 e. The molecule has 1 N–H and O–H groups in total. The molecule has 0 saturated heterocycles. The molecule has 5 aromatic rings. The van der Waals surface area contributed by atoms with Crippen molar-refractivity contribution in [2.75, 3.05) is 0 Å². The maximum Gasteiger partial charge on any atom is 0.195 e. The smallest absolute Gasteiger partial charge is 0.195 e. The van der Waals surface area contributed by atoms with Crippen LogP contribution in [-0.2, 0) is 0 Å². The molecule has 0 saturated carbocycles. The van der Waals surface area contributed by atoms with Gasteiger partial charge >= 0.3 is 0 Å². The standard InChI is InChI=1S/C23H14ClNO/c24-16-11-9-14(10-12-16)23(26)19-13-15-5-1-2-6-17(15)21-18-7-3-4-8-20(18)25-22(19)21/h1-13,25H. The fraction of sp³-hybridized carbons (Fsp3) is 0. The van der Waals surface area contributed by atoms with Crippen molar-refractivity contribution in [3.05, 3.63) is 95.0 Å². The first-order valence-electron chi connectivity index (χ1n) is 8.45. The van der Waals surface area contributed by atoms with Gasteiger partial charge in [-0.25, -0.2) is 0 Å². The van der Waals surface area contributed by atoms with Gasteiger partial charge in [-0.15, -0.1) is 0 Å². The molecule has 1 heterocycles. The summed E-state index contributed by atoms with van der Waals surface area (Å²) in [5, 5.41) is 5.05. The molecular weight excluding hydrogens is 342 g/mol. The van der Waals surface area contributed by atoms with E-state index >= 15 is 0 Å². The van der Waals surface area contributed by atoms with Gasteiger partial charge in [0.1, 0.15) is 0 Å². The number of nitrogens with one attached hydrogen (secondary N) is 1. The lowest BCUT2D eigenvalue weighted by molar-refractivity contribution is 0.104. The molecule has 0 fully saturated rings. The molecule has 0 aliphatic carbocycles. The number of halogens is 1. The van der Waals surface area contributed by atoms with Crippen LogP contribution in [0.15, 0.2) is 78.9 Å². The van der Waals surface area contributed by atoms with Gasteiger partial charge in [-0.05, 0) is 47.2 Å². The second-order valence-corrected chi connectivity index (χ2v) is 6.84. The number of ketones is 1. The Kier molecular flexibility index (Phi) is 3.34. The Labute approximate surface area is 155 Å². The summed E-state index contributed by atoms with van der Waals surface area (Å²) < 4.78 is 0. The highest BCUT2D eigenvalue weighted by molar-refractivity contribution is 6.31. The number of H-pyrrole nitrogens is 1. The lowest BCUT2D eigenvalue weighted by Crippen LogP contribution is -2.02. The Bertz CT molecular complexity index is 1300. The minimum absolute atomic E-state index is 0.0102. The van der Waals surface area contributed by atoms with Gasteiger partial charge in [0.05, 0.1) is 5.52 Å². The number of rotatable bonds is 2. The molecule has 0 aliphatic rings. The minimum Gasteiger partial charge on any atom is -0.354 e. The lowest BCUT2D eigenvalue weighted by Gasteiger charge is -2.07. The number of carbonyl (C=O) groups excluding carboxylic acids is 1. The van der Waals surface area contributed by atoms with Crippen LogP contribution < -0.4 is 0 Å². The van der Waals surface area contributed by atoms with E-state index in [0.717, 1.165) is 32.6 Å². The predicted molar refractivity (Wildman–Crippen MR) is 108 cm³/mol. The predicted octanol–water partition coefficient (Wildman–Crippen LogP) is 6.36. The van der Waals surface area contributed by atoms with Crippen LogP contribution in [0.4, 0.5) is 0 Å². The third kappa shape index (κ3) is 2.23. The highest BCUT2D eigenvalue weighted by Crippen LogP contribution is 2.35. The third-order valence-corrected chi connectivity index (χ3v) is 5.11. The van der Waals surface area contributed by atoms with Crippen LogP contribution in [-0.4, -0.2) is 10.8 Å². The van der Waals surface area contributed by atoms with Crippen molar-refractivity contribution < 1.29 is 4.79 Å². The number of hydrogen-bond acceptors (Lipinski definition) is 1. The average molecular weight is 356 g/mol. The Morgan fingerprint density at radius 2 is 1.50 bits per heavy atom. The van der Waals surface area contributed by atoms with Gasteiger partial charge in [0.25, 0.3) is 0 Å². The summed E-state index contributed by atoms with van der Waals surface area (Å²) in [6.45, 7) is 0. The molecule has 3 heteroatoms. The summed E-state index contributed by atoms with van der Waals surface area (Å²) in [7, 11) is 0. The van der Waals surface area contributed by atoms with E-state index in [1.54, 1.807) is 24.3 Å². The molecule has 0 amide bonds. The highest BCUT2D eigenvalue weighted by Gasteiger charge is 2.18. The molecule has 0 spiro atoms. The lowest BCUT2D eigenvalue weighted by atomic mass is 9.95. The molecule has 124 valence electrons. The van der Waals surface area contributed by atoms with E-state index in [1.165, 1.54) is 0 Å². The van der Waals surface area contributed by atoms with E-state index in [9.17, 15) is 4.79 Å². The maximum absolute atomic E-state index is 13.2. The van der Waals surface area contributed by atoms with Crippen LogP contribution in [0, 0.1) is 0 Å². The van der Waals surface area contributed by atoms with Gasteiger partial charge in [-0.3, -0.25) is 4.79 Å². The molecular formula is C23H14ClNO. The zero-order chi connectivity index (χ0) is 17.7. The van der Waals surface area contributed by atoms with Crippen LogP contribution in [0.5, 0.6) is 0 Å². The van der Waals surface area contributed by atoms with Gasteiger partial charge in [0, 0.05) is 32.4 Å². The average Bonchev–Trinajstić information content (AvgIpc) is 3.07. The summed E-state index contributed by atoms with van der Waals surface area (Å²) in [5.41, 5.74) is 3.22. The van der Waals surface area contributed by atoms with Crippen molar-refractivity contribution in [1.82, 2.24) is 4.98 Å². The first kappa shape index (κ1) is 15.2. The van der Waals surface area contributed by atoms with Crippen LogP contribution >= 0.6 is 11.6 Å². The monoisotopic (exact) mass is 355 g/mol. The van der Waals surface area contributed by atoms with Crippen molar-refractivity contribution >= 4 is 50.0 Å². The second-order valence-electron chi connectivity index (χ2n) is 6.40. The molecule has 1 aromatic heterocycles. The van der Waals surface area contributed by atoms with Gasteiger partial charge in [0.2, 0.25) is 0 Å². The number of fused-ring (bicyclic) bond motifs is 5. The molecule has 26 heavy (non-hydrogen) atoms. The van der Waals surface area contributed by atoms with Crippen LogP contribution in [0.25, 0.3) is 32.6 Å². The van der Waals surface area contributed by atoms with Crippen molar-refractivity contribution in [1.29, 1.82) is 0 Å². The number of carbonyl (C=O) groups is 1. The summed E-state index contributed by atoms with van der Waals surface area (Å²) in [6, 6.07) is 25.4. The summed E-state index contributed by atoms with van der Waals surface area (Å²) in [6.07, 6.45) is 0. The van der Waals surface area contributed by atoms with Gasteiger partial charge in [-0.2, -0.15) is 0 Å². The van der Waals surface area contributed by atoms with Crippen LogP contribution in [0.2, 0.25) is 5.02 Å². The van der Waals surface area contributed by atoms with E-state index in [1.807, 2.05) is 36.4 Å². The maximum atomic E-state index is 13.2. The van der Waals surface area contributed by atoms with Crippen LogP contribution in [0.3, 0.4) is 0 Å². The molecule has 0 atom stereocenters. The number of hydrogen-bond donors (Lipinski definition) is 1. The number of aromatic nitrogens is 1. The second kappa shape index (κ2) is 5.72. The van der Waals surface area contributed by atoms with Gasteiger partial charge < -0.3 is 4.98 Å². The number of aromatic amines is 1. The van der Waals surface area contributed by atoms with Crippen molar-refractivity contribution in [3.8, 4) is 0 Å². The van der Waals surface area contributed by atoms with Crippen molar-refractivity contribution in [2.45, 2.75) is 0 Å². The van der Waals surface area contributed by atoms with Crippen molar-refractivity contribution in [3.63, 3.8) is 0 Å². The van der Waals surface area contributed by atoms with E-state index < -0.39 is 0 Å². The SMILES string of the molecule is O=C(c1ccc(Cl)cc1)c1cc2ccccc2c2c1[nH]c1ccccc12. The Balaban J connectivity index is 1.89. The number of para-hydroxylation sites is 1. The first-order chi connectivity index (χ1) is 12.7. The fourth-order valence-electron chi connectivity index (χ4n) is 3.64. The quantitative estimate of drug-likeness (QED) is 0.367. The topological polar surface area (TPSA) is 32.9 Å². The summed E-state index contributed by atoms with van der Waals surface area (Å²) in [5.74, 6) is -0.0102. The first-order valence-corrected chi connectivity index (χ1v) is 8.82. The zero-order valence-electron chi connectivity index (χ0n) is 13.8.